The van der Waals surface area contributed by atoms with E-state index in [9.17, 15) is 4.79 Å². The van der Waals surface area contributed by atoms with Crippen LogP contribution < -0.4 is 0 Å². The Labute approximate surface area is 106 Å². The molecule has 0 fully saturated rings. The molecule has 0 amide bonds. The third kappa shape index (κ3) is 2.77. The fourth-order valence-corrected chi connectivity index (χ4v) is 1.84. The van der Waals surface area contributed by atoms with Crippen molar-refractivity contribution < 1.29 is 9.90 Å². The number of imidazole rings is 1. The highest BCUT2D eigenvalue weighted by Crippen LogP contribution is 2.10. The van der Waals surface area contributed by atoms with Crippen molar-refractivity contribution in [1.82, 2.24) is 9.55 Å². The zero-order valence-corrected chi connectivity index (χ0v) is 10.6. The Morgan fingerprint density at radius 1 is 1.22 bits per heavy atom. The lowest BCUT2D eigenvalue weighted by Gasteiger charge is -2.06. The molecule has 0 radical (unpaired) electrons. The minimum atomic E-state index is -0.802. The van der Waals surface area contributed by atoms with Crippen molar-refractivity contribution in [2.45, 2.75) is 26.8 Å². The molecule has 0 aliphatic carbocycles. The number of rotatable bonds is 4. The van der Waals surface area contributed by atoms with Crippen LogP contribution in [0.15, 0.2) is 30.6 Å². The Kier molecular flexibility index (Phi) is 3.46. The van der Waals surface area contributed by atoms with Crippen LogP contribution in [0.5, 0.6) is 0 Å². The molecule has 2 aromatic rings. The van der Waals surface area contributed by atoms with E-state index in [4.69, 9.17) is 5.11 Å². The number of aromatic nitrogens is 2. The van der Waals surface area contributed by atoms with Crippen LogP contribution >= 0.6 is 0 Å². The third-order valence-electron chi connectivity index (χ3n) is 3.08. The molecule has 1 N–H and O–H groups in total. The quantitative estimate of drug-likeness (QED) is 0.896. The van der Waals surface area contributed by atoms with Gasteiger partial charge >= 0.3 is 5.97 Å². The number of carboxylic acid groups (broad SMARTS) is 1. The number of aryl methyl sites for hydroxylation is 1. The molecule has 18 heavy (non-hydrogen) atoms. The van der Waals surface area contributed by atoms with E-state index in [-0.39, 0.29) is 6.42 Å². The van der Waals surface area contributed by atoms with Crippen LogP contribution in [-0.2, 0) is 17.8 Å². The number of nitrogens with zero attached hydrogens (tertiary/aromatic N) is 2. The van der Waals surface area contributed by atoms with Gasteiger partial charge in [0.05, 0.1) is 18.4 Å². The van der Waals surface area contributed by atoms with Crippen molar-refractivity contribution in [3.8, 4) is 0 Å². The summed E-state index contributed by atoms with van der Waals surface area (Å²) in [6.45, 7) is 4.79. The summed E-state index contributed by atoms with van der Waals surface area (Å²) >= 11 is 0. The lowest BCUT2D eigenvalue weighted by Crippen LogP contribution is -2.02. The van der Waals surface area contributed by atoms with E-state index in [0.717, 1.165) is 29.1 Å². The van der Waals surface area contributed by atoms with E-state index in [2.05, 4.69) is 9.55 Å². The van der Waals surface area contributed by atoms with Gasteiger partial charge in [-0.2, -0.15) is 0 Å². The summed E-state index contributed by atoms with van der Waals surface area (Å²) in [7, 11) is 0. The summed E-state index contributed by atoms with van der Waals surface area (Å²) in [5.41, 5.74) is 4.16. The van der Waals surface area contributed by atoms with E-state index in [1.165, 1.54) is 0 Å². The topological polar surface area (TPSA) is 55.1 Å². The van der Waals surface area contributed by atoms with Gasteiger partial charge in [0.2, 0.25) is 0 Å². The molecule has 94 valence electrons. The first-order chi connectivity index (χ1) is 8.56. The van der Waals surface area contributed by atoms with Crippen LogP contribution in [0, 0.1) is 13.8 Å². The smallest absolute Gasteiger partial charge is 0.307 e. The van der Waals surface area contributed by atoms with Crippen molar-refractivity contribution in [2.75, 3.05) is 0 Å². The summed E-state index contributed by atoms with van der Waals surface area (Å²) in [6, 6.07) is 7.66. The number of carbonyl (C=O) groups is 1. The molecular weight excluding hydrogens is 228 g/mol. The van der Waals surface area contributed by atoms with Gasteiger partial charge in [-0.25, -0.2) is 4.98 Å². The van der Waals surface area contributed by atoms with Gasteiger partial charge in [0.15, 0.2) is 0 Å². The van der Waals surface area contributed by atoms with Crippen molar-refractivity contribution in [3.05, 3.63) is 53.1 Å². The average Bonchev–Trinajstić information content (AvgIpc) is 2.63. The SMILES string of the molecule is Cc1ncn(Cc2ccc(CC(=O)O)cc2)c1C. The monoisotopic (exact) mass is 244 g/mol. The first-order valence-corrected chi connectivity index (χ1v) is 5.84. The maximum Gasteiger partial charge on any atom is 0.307 e. The van der Waals surface area contributed by atoms with E-state index in [0.29, 0.717) is 0 Å². The van der Waals surface area contributed by atoms with Gasteiger partial charge in [0.25, 0.3) is 0 Å². The zero-order valence-electron chi connectivity index (χ0n) is 10.6. The number of carboxylic acids is 1. The molecule has 0 bridgehead atoms. The molecule has 0 unspecified atom stereocenters. The predicted molar refractivity (Wildman–Crippen MR) is 68.6 cm³/mol. The molecule has 1 aromatic carbocycles. The van der Waals surface area contributed by atoms with E-state index in [1.807, 2.05) is 44.4 Å². The van der Waals surface area contributed by atoms with Crippen molar-refractivity contribution >= 4 is 5.97 Å². The highest BCUT2D eigenvalue weighted by atomic mass is 16.4. The third-order valence-corrected chi connectivity index (χ3v) is 3.08. The molecular formula is C14H16N2O2. The lowest BCUT2D eigenvalue weighted by molar-refractivity contribution is -0.136. The molecule has 4 heteroatoms. The molecule has 0 spiro atoms. The number of aliphatic carboxylic acids is 1. The Hall–Kier alpha value is -2.10. The van der Waals surface area contributed by atoms with E-state index < -0.39 is 5.97 Å². The lowest BCUT2D eigenvalue weighted by atomic mass is 10.1. The van der Waals surface area contributed by atoms with Crippen LogP contribution in [0.4, 0.5) is 0 Å². The first kappa shape index (κ1) is 12.4. The van der Waals surface area contributed by atoms with Crippen LogP contribution in [0.3, 0.4) is 0 Å². The summed E-state index contributed by atoms with van der Waals surface area (Å²) in [5.74, 6) is -0.802. The van der Waals surface area contributed by atoms with Gasteiger partial charge in [-0.1, -0.05) is 24.3 Å². The first-order valence-electron chi connectivity index (χ1n) is 5.84. The van der Waals surface area contributed by atoms with Crippen LogP contribution in [0.2, 0.25) is 0 Å². The number of benzene rings is 1. The second-order valence-electron chi connectivity index (χ2n) is 4.43. The maximum absolute atomic E-state index is 10.6. The maximum atomic E-state index is 10.6. The number of hydrogen-bond acceptors (Lipinski definition) is 2. The van der Waals surface area contributed by atoms with Crippen molar-refractivity contribution in [2.24, 2.45) is 0 Å². The molecule has 0 saturated carbocycles. The van der Waals surface area contributed by atoms with Crippen LogP contribution in [0.25, 0.3) is 0 Å². The van der Waals surface area contributed by atoms with E-state index in [1.54, 1.807) is 0 Å². The highest BCUT2D eigenvalue weighted by molar-refractivity contribution is 5.70. The Balaban J connectivity index is 2.11. The minimum Gasteiger partial charge on any atom is -0.481 e. The summed E-state index contributed by atoms with van der Waals surface area (Å²) in [6.07, 6.45) is 1.90. The predicted octanol–water partition coefficient (Wildman–Crippen LogP) is 2.18. The zero-order chi connectivity index (χ0) is 13.1. The minimum absolute atomic E-state index is 0.0729. The molecule has 2 rings (SSSR count). The Morgan fingerprint density at radius 2 is 1.83 bits per heavy atom. The van der Waals surface area contributed by atoms with Gasteiger partial charge in [-0.15, -0.1) is 0 Å². The average molecular weight is 244 g/mol. The van der Waals surface area contributed by atoms with Crippen molar-refractivity contribution in [1.29, 1.82) is 0 Å². The van der Waals surface area contributed by atoms with Crippen LogP contribution in [0.1, 0.15) is 22.5 Å². The molecule has 0 atom stereocenters. The van der Waals surface area contributed by atoms with Crippen molar-refractivity contribution in [3.63, 3.8) is 0 Å². The largest absolute Gasteiger partial charge is 0.481 e. The highest BCUT2D eigenvalue weighted by Gasteiger charge is 2.04. The van der Waals surface area contributed by atoms with Gasteiger partial charge < -0.3 is 9.67 Å². The summed E-state index contributed by atoms with van der Waals surface area (Å²) in [4.78, 5) is 14.8. The fourth-order valence-electron chi connectivity index (χ4n) is 1.84. The molecule has 0 saturated heterocycles. The van der Waals surface area contributed by atoms with Gasteiger partial charge in [-0.05, 0) is 25.0 Å². The Morgan fingerprint density at radius 3 is 2.33 bits per heavy atom. The molecule has 1 heterocycles. The second-order valence-corrected chi connectivity index (χ2v) is 4.43. The van der Waals surface area contributed by atoms with Crippen LogP contribution in [-0.4, -0.2) is 20.6 Å². The molecule has 1 aromatic heterocycles. The standard InChI is InChI=1S/C14H16N2O2/c1-10-11(2)16(9-15-10)8-13-5-3-12(4-6-13)7-14(17)18/h3-6,9H,7-8H2,1-2H3,(H,17,18). The normalized spacial score (nSPS) is 10.6. The summed E-state index contributed by atoms with van der Waals surface area (Å²) in [5, 5.41) is 8.70. The molecule has 0 aliphatic rings. The summed E-state index contributed by atoms with van der Waals surface area (Å²) < 4.78 is 2.08. The Bertz CT molecular complexity index is 556. The number of hydrogen-bond donors (Lipinski definition) is 1. The molecule has 0 aliphatic heterocycles. The second kappa shape index (κ2) is 5.04. The fraction of sp³-hybridized carbons (Fsp3) is 0.286. The van der Waals surface area contributed by atoms with E-state index >= 15 is 0 Å². The van der Waals surface area contributed by atoms with Gasteiger partial charge in [0.1, 0.15) is 0 Å². The van der Waals surface area contributed by atoms with Gasteiger partial charge in [0, 0.05) is 12.2 Å². The van der Waals surface area contributed by atoms with Gasteiger partial charge in [-0.3, -0.25) is 4.79 Å². The molecule has 4 nitrogen and oxygen atoms in total.